The summed E-state index contributed by atoms with van der Waals surface area (Å²) in [6.45, 7) is 10.8. The number of methoxy groups -OCH3 is 1. The molecular weight excluding hydrogens is 378 g/mol. The number of fused-ring (bicyclic) bond motifs is 1. The molecule has 1 heterocycles. The maximum atomic E-state index is 13.3. The fraction of sp³-hybridized carbons (Fsp3) is 0.560. The van der Waals surface area contributed by atoms with Crippen molar-refractivity contribution in [3.8, 4) is 0 Å². The van der Waals surface area contributed by atoms with Crippen molar-refractivity contribution >= 4 is 17.5 Å². The predicted molar refractivity (Wildman–Crippen MR) is 118 cm³/mol. The van der Waals surface area contributed by atoms with E-state index in [-0.39, 0.29) is 23.7 Å². The largest absolute Gasteiger partial charge is 0.460 e. The third-order valence-corrected chi connectivity index (χ3v) is 6.07. The summed E-state index contributed by atoms with van der Waals surface area (Å²) in [6, 6.07) is 8.27. The lowest BCUT2D eigenvalue weighted by atomic mass is 9.63. The number of aliphatic imine (C=N–C) groups is 1. The van der Waals surface area contributed by atoms with Crippen LogP contribution < -0.4 is 0 Å². The number of hydrogen-bond donors (Lipinski definition) is 0. The van der Waals surface area contributed by atoms with E-state index >= 15 is 0 Å². The van der Waals surface area contributed by atoms with Gasteiger partial charge in [0.2, 0.25) is 0 Å². The highest BCUT2D eigenvalue weighted by Crippen LogP contribution is 2.47. The highest BCUT2D eigenvalue weighted by Gasteiger charge is 2.47. The van der Waals surface area contributed by atoms with E-state index in [2.05, 4.69) is 39.8 Å². The second-order valence-corrected chi connectivity index (χ2v) is 9.49. The van der Waals surface area contributed by atoms with Crippen molar-refractivity contribution in [1.82, 2.24) is 0 Å². The maximum Gasteiger partial charge on any atom is 0.336 e. The molecule has 3 rings (SSSR count). The summed E-state index contributed by atoms with van der Waals surface area (Å²) in [6.07, 6.45) is 1.25. The molecule has 1 saturated carbocycles. The van der Waals surface area contributed by atoms with Gasteiger partial charge in [0.1, 0.15) is 12.4 Å². The zero-order chi connectivity index (χ0) is 22.1. The first-order valence-electron chi connectivity index (χ1n) is 10.7. The molecule has 0 bridgehead atoms. The summed E-state index contributed by atoms with van der Waals surface area (Å²) in [5, 5.41) is 0. The SMILES string of the molecule is COCCOC(=O)C1=C(C)N=C2CC(C)(C)CC(=O)C2C1c1ccc(C(C)C)cc1. The van der Waals surface area contributed by atoms with Gasteiger partial charge in [0.05, 0.1) is 18.1 Å². The van der Waals surface area contributed by atoms with Crippen molar-refractivity contribution < 1.29 is 19.1 Å². The molecule has 2 aliphatic rings. The molecule has 1 aliphatic carbocycles. The average Bonchev–Trinajstić information content (AvgIpc) is 2.66. The van der Waals surface area contributed by atoms with Crippen LogP contribution in [0.5, 0.6) is 0 Å². The Kier molecular flexibility index (Phi) is 6.61. The Balaban J connectivity index is 2.07. The van der Waals surface area contributed by atoms with Crippen molar-refractivity contribution in [1.29, 1.82) is 0 Å². The van der Waals surface area contributed by atoms with Gasteiger partial charge in [-0.05, 0) is 35.8 Å². The van der Waals surface area contributed by atoms with E-state index in [4.69, 9.17) is 14.5 Å². The van der Waals surface area contributed by atoms with Gasteiger partial charge in [-0.3, -0.25) is 9.79 Å². The summed E-state index contributed by atoms with van der Waals surface area (Å²) < 4.78 is 10.5. The lowest BCUT2D eigenvalue weighted by molar-refractivity contribution is -0.140. The predicted octanol–water partition coefficient (Wildman–Crippen LogP) is 4.82. The molecule has 0 saturated heterocycles. The second-order valence-electron chi connectivity index (χ2n) is 9.49. The molecule has 30 heavy (non-hydrogen) atoms. The Hall–Kier alpha value is -2.27. The number of rotatable bonds is 6. The Labute approximate surface area is 179 Å². The quantitative estimate of drug-likeness (QED) is 0.497. The van der Waals surface area contributed by atoms with Crippen LogP contribution in [0, 0.1) is 11.3 Å². The van der Waals surface area contributed by atoms with Crippen LogP contribution >= 0.6 is 0 Å². The third kappa shape index (κ3) is 4.56. The summed E-state index contributed by atoms with van der Waals surface area (Å²) >= 11 is 0. The highest BCUT2D eigenvalue weighted by atomic mass is 16.6. The first-order chi connectivity index (χ1) is 14.1. The van der Waals surface area contributed by atoms with Gasteiger partial charge in [-0.2, -0.15) is 0 Å². The van der Waals surface area contributed by atoms with Gasteiger partial charge in [-0.25, -0.2) is 4.79 Å². The lowest BCUT2D eigenvalue weighted by Gasteiger charge is -2.41. The number of benzene rings is 1. The van der Waals surface area contributed by atoms with Crippen LogP contribution in [0.3, 0.4) is 0 Å². The van der Waals surface area contributed by atoms with Gasteiger partial charge in [-0.15, -0.1) is 0 Å². The van der Waals surface area contributed by atoms with E-state index in [1.54, 1.807) is 7.11 Å². The molecule has 0 aromatic heterocycles. The van der Waals surface area contributed by atoms with Gasteiger partial charge in [0.25, 0.3) is 0 Å². The zero-order valence-electron chi connectivity index (χ0n) is 19.0. The summed E-state index contributed by atoms with van der Waals surface area (Å²) in [5.74, 6) is -0.620. The molecule has 5 nitrogen and oxygen atoms in total. The molecule has 5 heteroatoms. The minimum absolute atomic E-state index is 0.116. The van der Waals surface area contributed by atoms with Crippen LogP contribution in [-0.4, -0.2) is 37.8 Å². The van der Waals surface area contributed by atoms with Gasteiger partial charge in [0.15, 0.2) is 0 Å². The second kappa shape index (κ2) is 8.84. The smallest absolute Gasteiger partial charge is 0.336 e. The Morgan fingerprint density at radius 2 is 1.80 bits per heavy atom. The molecule has 1 aliphatic heterocycles. The highest BCUT2D eigenvalue weighted by molar-refractivity contribution is 6.12. The normalized spacial score (nSPS) is 23.3. The minimum atomic E-state index is -0.414. The molecule has 0 N–H and O–H groups in total. The molecule has 1 fully saturated rings. The van der Waals surface area contributed by atoms with Gasteiger partial charge < -0.3 is 9.47 Å². The van der Waals surface area contributed by atoms with E-state index < -0.39 is 11.9 Å². The molecule has 2 atom stereocenters. The Morgan fingerprint density at radius 1 is 1.13 bits per heavy atom. The molecule has 0 radical (unpaired) electrons. The standard InChI is InChI=1S/C25H33NO4/c1-15(2)17-7-9-18(10-8-17)22-21(24(28)30-12-11-29-6)16(3)26-19-13-25(4,5)14-20(27)23(19)22/h7-10,15,22-23H,11-14H2,1-6H3. The van der Waals surface area contributed by atoms with Crippen molar-refractivity contribution in [2.75, 3.05) is 20.3 Å². The average molecular weight is 412 g/mol. The molecule has 0 amide bonds. The van der Waals surface area contributed by atoms with Gasteiger partial charge in [-0.1, -0.05) is 52.0 Å². The summed E-state index contributed by atoms with van der Waals surface area (Å²) in [4.78, 5) is 31.0. The molecular formula is C25H33NO4. The number of esters is 1. The molecule has 2 unspecified atom stereocenters. The van der Waals surface area contributed by atoms with Crippen molar-refractivity contribution in [3.63, 3.8) is 0 Å². The fourth-order valence-corrected chi connectivity index (χ4v) is 4.60. The number of ketones is 1. The van der Waals surface area contributed by atoms with Crippen LogP contribution in [0.15, 0.2) is 40.5 Å². The first-order valence-corrected chi connectivity index (χ1v) is 10.7. The topological polar surface area (TPSA) is 65.0 Å². The van der Waals surface area contributed by atoms with Crippen molar-refractivity contribution in [3.05, 3.63) is 46.7 Å². The number of nitrogens with zero attached hydrogens (tertiary/aromatic N) is 1. The number of carbonyl (C=O) groups excluding carboxylic acids is 2. The van der Waals surface area contributed by atoms with E-state index in [1.807, 2.05) is 19.1 Å². The molecule has 1 aromatic carbocycles. The molecule has 1 aromatic rings. The van der Waals surface area contributed by atoms with Crippen molar-refractivity contribution in [2.45, 2.75) is 59.3 Å². The van der Waals surface area contributed by atoms with Gasteiger partial charge >= 0.3 is 5.97 Å². The maximum absolute atomic E-state index is 13.3. The lowest BCUT2D eigenvalue weighted by Crippen LogP contribution is -2.44. The first kappa shape index (κ1) is 22.4. The number of ether oxygens (including phenoxy) is 2. The minimum Gasteiger partial charge on any atom is -0.460 e. The van der Waals surface area contributed by atoms with E-state index in [0.29, 0.717) is 30.2 Å². The van der Waals surface area contributed by atoms with E-state index in [9.17, 15) is 9.59 Å². The van der Waals surface area contributed by atoms with E-state index in [0.717, 1.165) is 17.7 Å². The number of hydrogen-bond acceptors (Lipinski definition) is 5. The Morgan fingerprint density at radius 3 is 2.40 bits per heavy atom. The third-order valence-electron chi connectivity index (χ3n) is 6.07. The van der Waals surface area contributed by atoms with Crippen LogP contribution in [-0.2, 0) is 19.1 Å². The molecule has 162 valence electrons. The Bertz CT molecular complexity index is 877. The monoisotopic (exact) mass is 411 g/mol. The van der Waals surface area contributed by atoms with Crippen LogP contribution in [0.2, 0.25) is 0 Å². The van der Waals surface area contributed by atoms with Crippen LogP contribution in [0.4, 0.5) is 0 Å². The van der Waals surface area contributed by atoms with Crippen molar-refractivity contribution in [2.24, 2.45) is 16.3 Å². The molecule has 0 spiro atoms. The number of carbonyl (C=O) groups is 2. The summed E-state index contributed by atoms with van der Waals surface area (Å²) in [5.41, 5.74) is 4.10. The van der Waals surface area contributed by atoms with Crippen LogP contribution in [0.25, 0.3) is 0 Å². The zero-order valence-corrected chi connectivity index (χ0v) is 19.0. The number of allylic oxidation sites excluding steroid dienone is 1. The summed E-state index contributed by atoms with van der Waals surface area (Å²) in [7, 11) is 1.57. The van der Waals surface area contributed by atoms with E-state index in [1.165, 1.54) is 5.56 Å². The van der Waals surface area contributed by atoms with Gasteiger partial charge in [0, 0.05) is 30.9 Å². The van der Waals surface area contributed by atoms with Crippen LogP contribution in [0.1, 0.15) is 70.4 Å². The number of Topliss-reactive ketones (excluding diaryl/α,β-unsaturated/α-hetero) is 1. The fourth-order valence-electron chi connectivity index (χ4n) is 4.60.